The molecule has 3 amide bonds. The van der Waals surface area contributed by atoms with Gasteiger partial charge in [0.1, 0.15) is 12.1 Å². The molecule has 10 nitrogen and oxygen atoms in total. The lowest BCUT2D eigenvalue weighted by Gasteiger charge is -2.27. The maximum atomic E-state index is 13.8. The Morgan fingerprint density at radius 3 is 1.80 bits per heavy atom. The van der Waals surface area contributed by atoms with Crippen molar-refractivity contribution in [3.63, 3.8) is 0 Å². The molecule has 0 bridgehead atoms. The molecule has 0 aliphatic heterocycles. The van der Waals surface area contributed by atoms with Gasteiger partial charge in [0.25, 0.3) is 0 Å². The van der Waals surface area contributed by atoms with Gasteiger partial charge < -0.3 is 27.4 Å². The number of aromatic nitrogens is 1. The van der Waals surface area contributed by atoms with Crippen LogP contribution >= 0.6 is 0 Å². The van der Waals surface area contributed by atoms with Crippen molar-refractivity contribution in [1.29, 1.82) is 0 Å². The smallest absolute Gasteiger partial charge is 0.243 e. The minimum absolute atomic E-state index is 0.0501. The summed E-state index contributed by atoms with van der Waals surface area (Å²) in [6.07, 6.45) is 5.65. The number of Topliss-reactive ketones (excluding diaryl/α,β-unsaturated/α-hetero) is 1. The van der Waals surface area contributed by atoms with Crippen molar-refractivity contribution in [3.8, 4) is 0 Å². The molecular formula is C35H46N6O4. The van der Waals surface area contributed by atoms with E-state index in [0.29, 0.717) is 44.2 Å². The summed E-state index contributed by atoms with van der Waals surface area (Å²) in [5, 5.41) is 8.57. The van der Waals surface area contributed by atoms with Crippen LogP contribution in [0.4, 0.5) is 0 Å². The van der Waals surface area contributed by atoms with Gasteiger partial charge in [0, 0.05) is 24.4 Å². The monoisotopic (exact) mass is 614 g/mol. The summed E-state index contributed by atoms with van der Waals surface area (Å²) in [4.78, 5) is 58.0. The third kappa shape index (κ3) is 11.9. The SMILES string of the molecule is CC(C)C[C@@H](NC(=O)[C@@H](Cc1ccccc1)NC(=O)[C@H](N)Cc1ccccc1)C(=O)N[C@H](CCCCN)C(=O)c1ccncc1. The highest BCUT2D eigenvalue weighted by Gasteiger charge is 2.31. The number of unbranched alkanes of at least 4 members (excludes halogenated alkanes) is 1. The maximum absolute atomic E-state index is 13.8. The summed E-state index contributed by atoms with van der Waals surface area (Å²) in [7, 11) is 0. The summed E-state index contributed by atoms with van der Waals surface area (Å²) < 4.78 is 0. The highest BCUT2D eigenvalue weighted by molar-refractivity contribution is 6.02. The number of pyridine rings is 1. The van der Waals surface area contributed by atoms with Crippen LogP contribution in [0.3, 0.4) is 0 Å². The Bertz CT molecular complexity index is 1350. The molecule has 10 heteroatoms. The fourth-order valence-electron chi connectivity index (χ4n) is 5.03. The molecule has 0 spiro atoms. The molecule has 1 aromatic heterocycles. The first-order valence-electron chi connectivity index (χ1n) is 15.6. The van der Waals surface area contributed by atoms with Crippen molar-refractivity contribution < 1.29 is 19.2 Å². The van der Waals surface area contributed by atoms with E-state index in [2.05, 4.69) is 20.9 Å². The number of benzene rings is 2. The summed E-state index contributed by atoms with van der Waals surface area (Å²) >= 11 is 0. The number of nitrogens with zero attached hydrogens (tertiary/aromatic N) is 1. The van der Waals surface area contributed by atoms with Gasteiger partial charge in [-0.05, 0) is 67.8 Å². The topological polar surface area (TPSA) is 169 Å². The van der Waals surface area contributed by atoms with Gasteiger partial charge in [-0.15, -0.1) is 0 Å². The van der Waals surface area contributed by atoms with Gasteiger partial charge in [-0.3, -0.25) is 24.2 Å². The maximum Gasteiger partial charge on any atom is 0.243 e. The van der Waals surface area contributed by atoms with Gasteiger partial charge in [0.15, 0.2) is 5.78 Å². The molecule has 3 rings (SSSR count). The van der Waals surface area contributed by atoms with E-state index < -0.39 is 41.9 Å². The molecule has 7 N–H and O–H groups in total. The standard InChI is InChI=1S/C35H46N6O4/c1-24(2)21-30(34(44)39-29(15-9-10-18-36)32(42)27-16-19-38-20-17-27)41-35(45)31(23-26-13-7-4-8-14-26)40-33(43)28(37)22-25-11-5-3-6-12-25/h3-8,11-14,16-17,19-20,24,28-31H,9-10,15,18,21-23,36-37H2,1-2H3,(H,39,44)(H,40,43)(H,41,45)/t28-,29-,30-,31-/m1/s1. The zero-order valence-electron chi connectivity index (χ0n) is 26.2. The summed E-state index contributed by atoms with van der Waals surface area (Å²) in [5.41, 5.74) is 14.1. The van der Waals surface area contributed by atoms with E-state index >= 15 is 0 Å². The molecule has 45 heavy (non-hydrogen) atoms. The number of amides is 3. The third-order valence-electron chi connectivity index (χ3n) is 7.44. The minimum atomic E-state index is -0.983. The van der Waals surface area contributed by atoms with E-state index in [4.69, 9.17) is 11.5 Å². The van der Waals surface area contributed by atoms with Gasteiger partial charge in [0.2, 0.25) is 17.7 Å². The number of carbonyl (C=O) groups is 4. The first kappa shape index (κ1) is 35.1. The zero-order valence-corrected chi connectivity index (χ0v) is 26.2. The molecular weight excluding hydrogens is 568 g/mol. The average molecular weight is 615 g/mol. The lowest BCUT2D eigenvalue weighted by atomic mass is 9.97. The van der Waals surface area contributed by atoms with Crippen LogP contribution in [0.25, 0.3) is 0 Å². The van der Waals surface area contributed by atoms with Crippen molar-refractivity contribution in [1.82, 2.24) is 20.9 Å². The molecule has 1 heterocycles. The number of hydrogen-bond donors (Lipinski definition) is 5. The Balaban J connectivity index is 1.78. The molecule has 0 saturated carbocycles. The second kappa shape index (κ2) is 18.4. The largest absolute Gasteiger partial charge is 0.344 e. The van der Waals surface area contributed by atoms with Crippen LogP contribution in [-0.4, -0.2) is 59.2 Å². The number of nitrogens with one attached hydrogen (secondary N) is 3. The molecule has 0 radical (unpaired) electrons. The van der Waals surface area contributed by atoms with Crippen LogP contribution in [0.2, 0.25) is 0 Å². The quantitative estimate of drug-likeness (QED) is 0.108. The van der Waals surface area contributed by atoms with E-state index in [1.165, 1.54) is 12.4 Å². The van der Waals surface area contributed by atoms with E-state index in [1.807, 2.05) is 74.5 Å². The first-order valence-corrected chi connectivity index (χ1v) is 15.6. The second-order valence-corrected chi connectivity index (χ2v) is 11.7. The van der Waals surface area contributed by atoms with Crippen LogP contribution in [0, 0.1) is 5.92 Å². The Morgan fingerprint density at radius 1 is 0.689 bits per heavy atom. The minimum Gasteiger partial charge on any atom is -0.344 e. The number of ketones is 1. The van der Waals surface area contributed by atoms with Gasteiger partial charge in [-0.2, -0.15) is 0 Å². The van der Waals surface area contributed by atoms with Crippen molar-refractivity contribution in [3.05, 3.63) is 102 Å². The molecule has 4 atom stereocenters. The molecule has 0 aliphatic rings. The Labute approximate surface area is 265 Å². The Morgan fingerprint density at radius 2 is 1.22 bits per heavy atom. The fourth-order valence-corrected chi connectivity index (χ4v) is 5.03. The van der Waals surface area contributed by atoms with Crippen molar-refractivity contribution in [2.45, 2.75) is 76.5 Å². The predicted octanol–water partition coefficient (Wildman–Crippen LogP) is 2.71. The molecule has 0 aliphatic carbocycles. The fraction of sp³-hybridized carbons (Fsp3) is 0.400. The van der Waals surface area contributed by atoms with Crippen LogP contribution in [0.5, 0.6) is 0 Å². The highest BCUT2D eigenvalue weighted by Crippen LogP contribution is 2.13. The van der Waals surface area contributed by atoms with Crippen molar-refractivity contribution in [2.24, 2.45) is 17.4 Å². The molecule has 0 saturated heterocycles. The van der Waals surface area contributed by atoms with Crippen LogP contribution in [0.15, 0.2) is 85.2 Å². The van der Waals surface area contributed by atoms with Crippen molar-refractivity contribution in [2.75, 3.05) is 6.54 Å². The van der Waals surface area contributed by atoms with E-state index in [0.717, 1.165) is 11.1 Å². The number of rotatable bonds is 18. The van der Waals surface area contributed by atoms with Gasteiger partial charge in [-0.1, -0.05) is 74.5 Å². The van der Waals surface area contributed by atoms with Crippen LogP contribution < -0.4 is 27.4 Å². The van der Waals surface area contributed by atoms with Gasteiger partial charge in [0.05, 0.1) is 12.1 Å². The third-order valence-corrected chi connectivity index (χ3v) is 7.44. The summed E-state index contributed by atoms with van der Waals surface area (Å²) in [6.45, 7) is 4.36. The molecule has 0 fully saturated rings. The zero-order chi connectivity index (χ0) is 32.6. The molecule has 2 aromatic carbocycles. The Hall–Kier alpha value is -4.41. The first-order chi connectivity index (χ1) is 21.7. The lowest BCUT2D eigenvalue weighted by Crippen LogP contribution is -2.58. The lowest BCUT2D eigenvalue weighted by molar-refractivity contribution is -0.132. The van der Waals surface area contributed by atoms with Crippen LogP contribution in [-0.2, 0) is 27.2 Å². The normalized spacial score (nSPS) is 13.7. The van der Waals surface area contributed by atoms with E-state index in [-0.39, 0.29) is 18.1 Å². The highest BCUT2D eigenvalue weighted by atomic mass is 16.2. The molecule has 3 aromatic rings. The number of nitrogens with two attached hydrogens (primary N) is 2. The summed E-state index contributed by atoms with van der Waals surface area (Å²) in [6, 6.07) is 18.3. The second-order valence-electron chi connectivity index (χ2n) is 11.7. The van der Waals surface area contributed by atoms with Crippen molar-refractivity contribution >= 4 is 23.5 Å². The van der Waals surface area contributed by atoms with E-state index in [1.54, 1.807) is 12.1 Å². The van der Waals surface area contributed by atoms with E-state index in [9.17, 15) is 19.2 Å². The molecule has 0 unspecified atom stereocenters. The molecule has 240 valence electrons. The number of carbonyl (C=O) groups excluding carboxylic acids is 4. The van der Waals surface area contributed by atoms with Gasteiger partial charge >= 0.3 is 0 Å². The Kier molecular flexibility index (Phi) is 14.3. The van der Waals surface area contributed by atoms with Crippen LogP contribution in [0.1, 0.15) is 61.0 Å². The number of hydrogen-bond acceptors (Lipinski definition) is 7. The average Bonchev–Trinajstić information content (AvgIpc) is 3.04. The predicted molar refractivity (Wildman–Crippen MR) is 175 cm³/mol. The van der Waals surface area contributed by atoms with Gasteiger partial charge in [-0.25, -0.2) is 0 Å². The summed E-state index contributed by atoms with van der Waals surface area (Å²) in [5.74, 6) is -1.64.